The van der Waals surface area contributed by atoms with Gasteiger partial charge in [-0.3, -0.25) is 19.7 Å². The van der Waals surface area contributed by atoms with Crippen LogP contribution in [0.15, 0.2) is 0 Å². The summed E-state index contributed by atoms with van der Waals surface area (Å²) >= 11 is 0. The molecule has 0 aromatic carbocycles. The van der Waals surface area contributed by atoms with Gasteiger partial charge >= 0.3 is 0 Å². The van der Waals surface area contributed by atoms with Crippen molar-refractivity contribution >= 4 is 18.1 Å². The van der Waals surface area contributed by atoms with Crippen molar-refractivity contribution < 1.29 is 14.4 Å². The Morgan fingerprint density at radius 1 is 1.58 bits per heavy atom. The molecule has 0 saturated carbocycles. The largest absolute Gasteiger partial charge is 0.321 e. The second-order valence-electron chi connectivity index (χ2n) is 2.37. The van der Waals surface area contributed by atoms with Gasteiger partial charge in [0, 0.05) is 13.3 Å². The average Bonchev–Trinajstić information content (AvgIpc) is 1.99. The predicted octanol–water partition coefficient (Wildman–Crippen LogP) is -1.13. The van der Waals surface area contributed by atoms with Gasteiger partial charge in [0.15, 0.2) is 0 Å². The molecule has 0 rings (SSSR count). The van der Waals surface area contributed by atoms with E-state index in [9.17, 15) is 14.4 Å². The SMILES string of the molecule is CC(=O)NC(=O)CC[C@H](N)[C]=O. The number of hydrogen-bond acceptors (Lipinski definition) is 4. The molecule has 1 atom stereocenters. The number of nitrogens with one attached hydrogen (secondary N) is 1. The van der Waals surface area contributed by atoms with Gasteiger partial charge in [-0.05, 0) is 6.42 Å². The Kier molecular flexibility index (Phi) is 4.87. The fraction of sp³-hybridized carbons (Fsp3) is 0.571. The lowest BCUT2D eigenvalue weighted by Crippen LogP contribution is -2.30. The lowest BCUT2D eigenvalue weighted by atomic mass is 10.2. The monoisotopic (exact) mass is 171 g/mol. The molecule has 0 heterocycles. The van der Waals surface area contributed by atoms with Crippen LogP contribution in [0.25, 0.3) is 0 Å². The Morgan fingerprint density at radius 2 is 2.17 bits per heavy atom. The Hall–Kier alpha value is -1.23. The van der Waals surface area contributed by atoms with Crippen molar-refractivity contribution in [3.05, 3.63) is 0 Å². The van der Waals surface area contributed by atoms with E-state index in [0.717, 1.165) is 0 Å². The summed E-state index contributed by atoms with van der Waals surface area (Å²) in [4.78, 5) is 31.0. The third-order valence-electron chi connectivity index (χ3n) is 1.15. The molecule has 2 amide bonds. The summed E-state index contributed by atoms with van der Waals surface area (Å²) in [6.07, 6.45) is 1.81. The Morgan fingerprint density at radius 3 is 2.58 bits per heavy atom. The normalized spacial score (nSPS) is 11.8. The van der Waals surface area contributed by atoms with Crippen LogP contribution in [0.2, 0.25) is 0 Å². The Balaban J connectivity index is 3.57. The van der Waals surface area contributed by atoms with Crippen molar-refractivity contribution in [1.82, 2.24) is 5.32 Å². The summed E-state index contributed by atoms with van der Waals surface area (Å²) in [5.74, 6) is -0.836. The average molecular weight is 171 g/mol. The maximum Gasteiger partial charge on any atom is 0.226 e. The van der Waals surface area contributed by atoms with E-state index in [1.54, 1.807) is 0 Å². The summed E-state index contributed by atoms with van der Waals surface area (Å²) in [6.45, 7) is 1.24. The van der Waals surface area contributed by atoms with Crippen LogP contribution >= 0.6 is 0 Å². The smallest absolute Gasteiger partial charge is 0.226 e. The van der Waals surface area contributed by atoms with Crippen molar-refractivity contribution in [2.75, 3.05) is 0 Å². The van der Waals surface area contributed by atoms with Crippen LogP contribution in [0.4, 0.5) is 0 Å². The van der Waals surface area contributed by atoms with Crippen LogP contribution in [-0.4, -0.2) is 24.1 Å². The molecule has 5 nitrogen and oxygen atoms in total. The summed E-state index contributed by atoms with van der Waals surface area (Å²) in [6, 6.07) is -0.747. The van der Waals surface area contributed by atoms with Crippen LogP contribution in [0.5, 0.6) is 0 Å². The van der Waals surface area contributed by atoms with E-state index < -0.39 is 17.9 Å². The quantitative estimate of drug-likeness (QED) is 0.560. The first-order chi connectivity index (χ1) is 5.56. The van der Waals surface area contributed by atoms with Crippen molar-refractivity contribution in [3.8, 4) is 0 Å². The van der Waals surface area contributed by atoms with Crippen molar-refractivity contribution in [1.29, 1.82) is 0 Å². The van der Waals surface area contributed by atoms with Crippen molar-refractivity contribution in [3.63, 3.8) is 0 Å². The minimum absolute atomic E-state index is 0.0655. The summed E-state index contributed by atoms with van der Waals surface area (Å²) in [5.41, 5.74) is 5.16. The molecular weight excluding hydrogens is 160 g/mol. The highest BCUT2D eigenvalue weighted by Gasteiger charge is 2.07. The van der Waals surface area contributed by atoms with E-state index in [1.807, 2.05) is 0 Å². The summed E-state index contributed by atoms with van der Waals surface area (Å²) < 4.78 is 0. The Bertz CT molecular complexity index is 191. The molecule has 0 spiro atoms. The molecule has 0 aromatic rings. The van der Waals surface area contributed by atoms with Gasteiger partial charge in [-0.15, -0.1) is 0 Å². The highest BCUT2D eigenvalue weighted by molar-refractivity contribution is 5.93. The first-order valence-corrected chi connectivity index (χ1v) is 3.50. The summed E-state index contributed by atoms with van der Waals surface area (Å²) in [7, 11) is 0. The van der Waals surface area contributed by atoms with Gasteiger partial charge in [-0.2, -0.15) is 0 Å². The lowest BCUT2D eigenvalue weighted by Gasteiger charge is -2.01. The van der Waals surface area contributed by atoms with Crippen LogP contribution in [0.1, 0.15) is 19.8 Å². The Labute approximate surface area is 70.3 Å². The van der Waals surface area contributed by atoms with Crippen LogP contribution < -0.4 is 11.1 Å². The topological polar surface area (TPSA) is 89.3 Å². The first-order valence-electron chi connectivity index (χ1n) is 3.50. The van der Waals surface area contributed by atoms with Gasteiger partial charge in [0.2, 0.25) is 18.1 Å². The molecule has 0 bridgehead atoms. The second kappa shape index (κ2) is 5.42. The van der Waals surface area contributed by atoms with Gasteiger partial charge in [-0.1, -0.05) is 0 Å². The van der Waals surface area contributed by atoms with Crippen LogP contribution in [0.3, 0.4) is 0 Å². The minimum Gasteiger partial charge on any atom is -0.321 e. The third kappa shape index (κ3) is 5.55. The molecule has 0 unspecified atom stereocenters. The first kappa shape index (κ1) is 10.8. The molecule has 0 aliphatic carbocycles. The van der Waals surface area contributed by atoms with E-state index in [2.05, 4.69) is 5.32 Å². The second-order valence-corrected chi connectivity index (χ2v) is 2.37. The van der Waals surface area contributed by atoms with E-state index in [4.69, 9.17) is 5.73 Å². The zero-order valence-electron chi connectivity index (χ0n) is 6.79. The fourth-order valence-electron chi connectivity index (χ4n) is 0.604. The molecule has 0 saturated heterocycles. The zero-order valence-corrected chi connectivity index (χ0v) is 6.79. The molecule has 0 aliphatic rings. The fourth-order valence-corrected chi connectivity index (χ4v) is 0.604. The molecule has 3 N–H and O–H groups in total. The maximum atomic E-state index is 10.8. The zero-order chi connectivity index (χ0) is 9.56. The van der Waals surface area contributed by atoms with Gasteiger partial charge in [0.25, 0.3) is 0 Å². The van der Waals surface area contributed by atoms with Gasteiger partial charge in [0.05, 0.1) is 6.04 Å². The number of hydrogen-bond donors (Lipinski definition) is 2. The van der Waals surface area contributed by atoms with Crippen molar-refractivity contribution in [2.45, 2.75) is 25.8 Å². The minimum atomic E-state index is -0.747. The number of nitrogens with two attached hydrogens (primary N) is 1. The standard InChI is InChI=1S/C7H11N2O3/c1-5(11)9-7(12)3-2-6(8)4-10/h6H,2-3,8H2,1H3,(H,9,11,12)/t6-/m0/s1. The molecule has 1 radical (unpaired) electrons. The highest BCUT2D eigenvalue weighted by atomic mass is 16.2. The molecule has 5 heteroatoms. The molecule has 67 valence electrons. The van der Waals surface area contributed by atoms with E-state index in [-0.39, 0.29) is 12.8 Å². The van der Waals surface area contributed by atoms with Gasteiger partial charge < -0.3 is 5.73 Å². The predicted molar refractivity (Wildman–Crippen MR) is 41.7 cm³/mol. The molecule has 12 heavy (non-hydrogen) atoms. The third-order valence-corrected chi connectivity index (χ3v) is 1.15. The molecule has 0 fully saturated rings. The molecule has 0 aromatic heterocycles. The number of imide groups is 1. The number of carbonyl (C=O) groups is 2. The van der Waals surface area contributed by atoms with Crippen molar-refractivity contribution in [2.24, 2.45) is 5.73 Å². The van der Waals surface area contributed by atoms with E-state index in [0.29, 0.717) is 0 Å². The summed E-state index contributed by atoms with van der Waals surface area (Å²) in [5, 5.41) is 2.06. The molecule has 0 aliphatic heterocycles. The number of amides is 2. The van der Waals surface area contributed by atoms with E-state index in [1.165, 1.54) is 13.2 Å². The number of rotatable bonds is 4. The van der Waals surface area contributed by atoms with Gasteiger partial charge in [0.1, 0.15) is 0 Å². The maximum absolute atomic E-state index is 10.8. The van der Waals surface area contributed by atoms with Gasteiger partial charge in [-0.25, -0.2) is 0 Å². The lowest BCUT2D eigenvalue weighted by molar-refractivity contribution is -0.129. The van der Waals surface area contributed by atoms with E-state index >= 15 is 0 Å². The molecular formula is C7H11N2O3. The number of carbonyl (C=O) groups excluding carboxylic acids is 3. The highest BCUT2D eigenvalue weighted by Crippen LogP contribution is 1.91. The van der Waals surface area contributed by atoms with Crippen LogP contribution in [0, 0.1) is 0 Å². The van der Waals surface area contributed by atoms with Crippen LogP contribution in [-0.2, 0) is 14.4 Å².